The topological polar surface area (TPSA) is 40.7 Å². The predicted octanol–water partition coefficient (Wildman–Crippen LogP) is 6.14. The average Bonchev–Trinajstić information content (AvgIpc) is 3.38. The van der Waals surface area contributed by atoms with Crippen molar-refractivity contribution in [2.75, 3.05) is 6.54 Å². The number of fused-ring (bicyclic) bond motifs is 2. The van der Waals surface area contributed by atoms with Crippen molar-refractivity contribution >= 4 is 21.8 Å². The third-order valence-electron chi connectivity index (χ3n) is 5.22. The fourth-order valence-electron chi connectivity index (χ4n) is 3.84. The van der Waals surface area contributed by atoms with Crippen molar-refractivity contribution in [2.45, 2.75) is 39.7 Å². The Hall–Kier alpha value is -2.65. The summed E-state index contributed by atoms with van der Waals surface area (Å²) in [6.07, 6.45) is 2.39. The van der Waals surface area contributed by atoms with E-state index in [1.54, 1.807) is 0 Å². The highest BCUT2D eigenvalue weighted by molar-refractivity contribution is 5.89. The van der Waals surface area contributed by atoms with Crippen molar-refractivity contribution in [2.24, 2.45) is 0 Å². The Bertz CT molecular complexity index is 1070. The van der Waals surface area contributed by atoms with E-state index in [0.29, 0.717) is 6.04 Å². The SMILES string of the molecule is CC.Cc1ccc2cc(-c3ccc4nc(C5CCCN5)[nH]c4c3)ccc2c1. The molecule has 138 valence electrons. The van der Waals surface area contributed by atoms with Crippen LogP contribution in [0.1, 0.15) is 44.1 Å². The molecule has 1 atom stereocenters. The van der Waals surface area contributed by atoms with E-state index in [9.17, 15) is 0 Å². The summed E-state index contributed by atoms with van der Waals surface area (Å²) in [5.74, 6) is 1.07. The van der Waals surface area contributed by atoms with E-state index in [1.165, 1.54) is 33.9 Å². The lowest BCUT2D eigenvalue weighted by Crippen LogP contribution is -2.13. The minimum Gasteiger partial charge on any atom is -0.341 e. The molecule has 1 aliphatic heterocycles. The first-order valence-corrected chi connectivity index (χ1v) is 10.0. The van der Waals surface area contributed by atoms with Crippen molar-refractivity contribution in [1.82, 2.24) is 15.3 Å². The van der Waals surface area contributed by atoms with Crippen LogP contribution in [0, 0.1) is 6.92 Å². The zero-order chi connectivity index (χ0) is 18.8. The number of nitrogens with one attached hydrogen (secondary N) is 2. The lowest BCUT2D eigenvalue weighted by Gasteiger charge is -2.05. The van der Waals surface area contributed by atoms with Crippen molar-refractivity contribution in [3.8, 4) is 11.1 Å². The van der Waals surface area contributed by atoms with Gasteiger partial charge in [-0.15, -0.1) is 0 Å². The highest BCUT2D eigenvalue weighted by Crippen LogP contribution is 2.29. The van der Waals surface area contributed by atoms with Crippen LogP contribution in [0.3, 0.4) is 0 Å². The number of H-pyrrole nitrogens is 1. The molecule has 0 saturated carbocycles. The van der Waals surface area contributed by atoms with E-state index in [4.69, 9.17) is 4.98 Å². The fourth-order valence-corrected chi connectivity index (χ4v) is 3.84. The van der Waals surface area contributed by atoms with E-state index >= 15 is 0 Å². The molecule has 0 aliphatic carbocycles. The number of nitrogens with zero attached hydrogens (tertiary/aromatic N) is 1. The van der Waals surface area contributed by atoms with Crippen LogP contribution in [0.15, 0.2) is 54.6 Å². The third-order valence-corrected chi connectivity index (χ3v) is 5.22. The molecule has 3 nitrogen and oxygen atoms in total. The van der Waals surface area contributed by atoms with Crippen molar-refractivity contribution in [1.29, 1.82) is 0 Å². The van der Waals surface area contributed by atoms with E-state index < -0.39 is 0 Å². The second kappa shape index (κ2) is 7.53. The number of benzene rings is 3. The van der Waals surface area contributed by atoms with Gasteiger partial charge in [-0.3, -0.25) is 0 Å². The first kappa shape index (κ1) is 17.7. The lowest BCUT2D eigenvalue weighted by molar-refractivity contribution is 0.614. The highest BCUT2D eigenvalue weighted by Gasteiger charge is 2.19. The van der Waals surface area contributed by atoms with E-state index in [1.807, 2.05) is 13.8 Å². The number of imidazole rings is 1. The maximum Gasteiger partial charge on any atom is 0.124 e. The molecule has 0 bridgehead atoms. The number of aromatic nitrogens is 2. The highest BCUT2D eigenvalue weighted by atomic mass is 15.0. The molecule has 0 spiro atoms. The maximum atomic E-state index is 4.77. The number of rotatable bonds is 2. The summed E-state index contributed by atoms with van der Waals surface area (Å²) < 4.78 is 0. The van der Waals surface area contributed by atoms with Gasteiger partial charge in [-0.2, -0.15) is 0 Å². The number of aryl methyl sites for hydroxylation is 1. The molecular formula is C24H27N3. The quantitative estimate of drug-likeness (QED) is 0.452. The largest absolute Gasteiger partial charge is 0.341 e. The van der Waals surface area contributed by atoms with Crippen LogP contribution >= 0.6 is 0 Å². The van der Waals surface area contributed by atoms with Crippen LogP contribution in [-0.4, -0.2) is 16.5 Å². The molecule has 0 radical (unpaired) electrons. The summed E-state index contributed by atoms with van der Waals surface area (Å²) in [5.41, 5.74) is 5.93. The van der Waals surface area contributed by atoms with Crippen molar-refractivity contribution in [3.63, 3.8) is 0 Å². The van der Waals surface area contributed by atoms with E-state index in [0.717, 1.165) is 29.8 Å². The average molecular weight is 358 g/mol. The van der Waals surface area contributed by atoms with Crippen LogP contribution in [0.4, 0.5) is 0 Å². The monoisotopic (exact) mass is 357 g/mol. The predicted molar refractivity (Wildman–Crippen MR) is 115 cm³/mol. The first-order chi connectivity index (χ1) is 13.3. The Balaban J connectivity index is 0.000000872. The molecule has 1 unspecified atom stereocenters. The Morgan fingerprint density at radius 3 is 2.44 bits per heavy atom. The number of aromatic amines is 1. The second-order valence-corrected chi connectivity index (χ2v) is 7.07. The van der Waals surface area contributed by atoms with Crippen LogP contribution in [0.2, 0.25) is 0 Å². The van der Waals surface area contributed by atoms with Gasteiger partial charge in [0.15, 0.2) is 0 Å². The van der Waals surface area contributed by atoms with Crippen LogP contribution in [-0.2, 0) is 0 Å². The molecule has 1 aliphatic rings. The molecule has 4 aromatic rings. The van der Waals surface area contributed by atoms with Crippen LogP contribution in [0.25, 0.3) is 32.9 Å². The van der Waals surface area contributed by atoms with Crippen molar-refractivity contribution in [3.05, 3.63) is 66.0 Å². The van der Waals surface area contributed by atoms with Gasteiger partial charge in [-0.1, -0.05) is 55.8 Å². The number of hydrogen-bond acceptors (Lipinski definition) is 2. The summed E-state index contributed by atoms with van der Waals surface area (Å²) >= 11 is 0. The molecule has 1 fully saturated rings. The normalized spacial score (nSPS) is 16.5. The molecule has 1 aromatic heterocycles. The van der Waals surface area contributed by atoms with Gasteiger partial charge >= 0.3 is 0 Å². The van der Waals surface area contributed by atoms with Gasteiger partial charge in [-0.05, 0) is 66.4 Å². The van der Waals surface area contributed by atoms with Gasteiger partial charge in [-0.25, -0.2) is 4.98 Å². The van der Waals surface area contributed by atoms with Gasteiger partial charge in [0.2, 0.25) is 0 Å². The van der Waals surface area contributed by atoms with Crippen LogP contribution in [0.5, 0.6) is 0 Å². The third kappa shape index (κ3) is 3.47. The smallest absolute Gasteiger partial charge is 0.124 e. The van der Waals surface area contributed by atoms with Gasteiger partial charge in [0.05, 0.1) is 17.1 Å². The van der Waals surface area contributed by atoms with Gasteiger partial charge in [0.25, 0.3) is 0 Å². The second-order valence-electron chi connectivity index (χ2n) is 7.07. The molecule has 3 heteroatoms. The Morgan fingerprint density at radius 2 is 1.63 bits per heavy atom. The van der Waals surface area contributed by atoms with Gasteiger partial charge in [0, 0.05) is 0 Å². The van der Waals surface area contributed by atoms with E-state index in [2.05, 4.69) is 71.8 Å². The minimum atomic E-state index is 0.375. The molecular weight excluding hydrogens is 330 g/mol. The summed E-state index contributed by atoms with van der Waals surface area (Å²) in [6, 6.07) is 20.2. The molecule has 0 amide bonds. The summed E-state index contributed by atoms with van der Waals surface area (Å²) in [6.45, 7) is 7.22. The lowest BCUT2D eigenvalue weighted by atomic mass is 10.00. The Labute approximate surface area is 160 Å². The first-order valence-electron chi connectivity index (χ1n) is 10.0. The summed E-state index contributed by atoms with van der Waals surface area (Å²) in [4.78, 5) is 8.29. The summed E-state index contributed by atoms with van der Waals surface area (Å²) in [5, 5.41) is 6.08. The van der Waals surface area contributed by atoms with Gasteiger partial charge in [0.1, 0.15) is 5.82 Å². The Kier molecular flexibility index (Phi) is 4.95. The molecule has 1 saturated heterocycles. The van der Waals surface area contributed by atoms with Crippen LogP contribution < -0.4 is 5.32 Å². The fraction of sp³-hybridized carbons (Fsp3) is 0.292. The standard InChI is InChI=1S/C22H21N3.C2H6/c1-14-4-5-16-12-17(7-6-15(16)11-14)18-8-9-19-21(13-18)25-22(24-19)20-3-2-10-23-20;1-2/h4-9,11-13,20,23H,2-3,10H2,1H3,(H,24,25);1-2H3. The summed E-state index contributed by atoms with van der Waals surface area (Å²) in [7, 11) is 0. The number of hydrogen-bond donors (Lipinski definition) is 2. The Morgan fingerprint density at radius 1 is 0.889 bits per heavy atom. The molecule has 27 heavy (non-hydrogen) atoms. The van der Waals surface area contributed by atoms with Gasteiger partial charge < -0.3 is 10.3 Å². The zero-order valence-corrected chi connectivity index (χ0v) is 16.3. The van der Waals surface area contributed by atoms with Crippen molar-refractivity contribution < 1.29 is 0 Å². The maximum absolute atomic E-state index is 4.77. The zero-order valence-electron chi connectivity index (χ0n) is 16.3. The molecule has 2 heterocycles. The molecule has 2 N–H and O–H groups in total. The van der Waals surface area contributed by atoms with E-state index in [-0.39, 0.29) is 0 Å². The molecule has 3 aromatic carbocycles. The minimum absolute atomic E-state index is 0.375. The molecule has 5 rings (SSSR count).